The van der Waals surface area contributed by atoms with E-state index in [4.69, 9.17) is 14.2 Å². The number of alkyl halides is 3. The molecule has 9 nitrogen and oxygen atoms in total. The van der Waals surface area contributed by atoms with Crippen LogP contribution in [-0.2, 0) is 20.4 Å². The number of unbranched alkanes of at least 4 members (excludes halogenated alkanes) is 5. The smallest absolute Gasteiger partial charge is 0.419 e. The Morgan fingerprint density at radius 2 is 1.73 bits per heavy atom. The maximum atomic E-state index is 13.8. The molecule has 41 heavy (non-hydrogen) atoms. The van der Waals surface area contributed by atoms with Crippen LogP contribution in [0.4, 0.5) is 18.0 Å². The lowest BCUT2D eigenvalue weighted by atomic mass is 10.0. The molecule has 1 aromatic carbocycles. The summed E-state index contributed by atoms with van der Waals surface area (Å²) in [5, 5.41) is 0. The van der Waals surface area contributed by atoms with Crippen molar-refractivity contribution in [2.75, 3.05) is 13.2 Å². The summed E-state index contributed by atoms with van der Waals surface area (Å²) in [5.74, 6) is -2.20. The highest BCUT2D eigenvalue weighted by molar-refractivity contribution is 5.97. The highest BCUT2D eigenvalue weighted by Crippen LogP contribution is 2.37. The van der Waals surface area contributed by atoms with Crippen molar-refractivity contribution in [1.29, 1.82) is 0 Å². The Morgan fingerprint density at radius 1 is 1.10 bits per heavy atom. The van der Waals surface area contributed by atoms with Crippen LogP contribution in [-0.4, -0.2) is 53.4 Å². The molecule has 0 aromatic heterocycles. The Hall–Kier alpha value is -3.28. The lowest BCUT2D eigenvalue weighted by Gasteiger charge is -2.36. The zero-order chi connectivity index (χ0) is 31.0. The van der Waals surface area contributed by atoms with Crippen molar-refractivity contribution < 1.29 is 41.8 Å². The fraction of sp³-hybridized carbons (Fsp3) is 0.621. The SMILES string of the molecule is C=C(C)[C@H]1OC[C@@](C)(C(=O)NNC(=O)c2ccc(OCCCCCCCC)c(C(F)(F)F)c2)N1C(=O)OC(C)(C)C. The van der Waals surface area contributed by atoms with Gasteiger partial charge in [-0.2, -0.15) is 13.2 Å². The topological polar surface area (TPSA) is 106 Å². The van der Waals surface area contributed by atoms with Gasteiger partial charge in [0.2, 0.25) is 0 Å². The zero-order valence-corrected chi connectivity index (χ0v) is 24.7. The van der Waals surface area contributed by atoms with E-state index in [-0.39, 0.29) is 24.5 Å². The van der Waals surface area contributed by atoms with Crippen LogP contribution in [0.2, 0.25) is 0 Å². The van der Waals surface area contributed by atoms with Gasteiger partial charge in [0.1, 0.15) is 16.9 Å². The minimum Gasteiger partial charge on any atom is -0.493 e. The predicted molar refractivity (Wildman–Crippen MR) is 147 cm³/mol. The van der Waals surface area contributed by atoms with Crippen LogP contribution in [0.15, 0.2) is 30.4 Å². The molecule has 0 bridgehead atoms. The van der Waals surface area contributed by atoms with E-state index in [1.54, 1.807) is 27.7 Å². The molecule has 2 N–H and O–H groups in total. The van der Waals surface area contributed by atoms with E-state index in [0.29, 0.717) is 18.1 Å². The summed E-state index contributed by atoms with van der Waals surface area (Å²) in [6.07, 6.45) is -0.819. The Kier molecular flexibility index (Phi) is 11.6. The van der Waals surface area contributed by atoms with Crippen molar-refractivity contribution in [3.8, 4) is 5.75 Å². The van der Waals surface area contributed by atoms with Gasteiger partial charge in [0, 0.05) is 5.56 Å². The number of ether oxygens (including phenoxy) is 3. The fourth-order valence-electron chi connectivity index (χ4n) is 4.19. The minimum absolute atomic E-state index is 0.122. The number of nitrogens with one attached hydrogen (secondary N) is 2. The van der Waals surface area contributed by atoms with E-state index >= 15 is 0 Å². The number of amides is 3. The number of hydrogen-bond donors (Lipinski definition) is 2. The molecule has 1 aliphatic heterocycles. The van der Waals surface area contributed by atoms with Gasteiger partial charge in [0.25, 0.3) is 11.8 Å². The van der Waals surface area contributed by atoms with E-state index in [0.717, 1.165) is 43.1 Å². The number of nitrogens with zero attached hydrogens (tertiary/aromatic N) is 1. The number of benzene rings is 1. The standard InChI is InChI=1S/C29H42F3N3O6/c1-8-9-10-11-12-13-16-39-22-15-14-20(17-21(22)29(30,31)32)23(36)33-34-25(37)28(7)18-40-24(19(2)3)35(28)26(38)41-27(4,5)6/h14-15,17,24H,2,8-13,16,18H2,1,3-7H3,(H,33,36)(H,34,37)/t24-,28+/m1/s1. The summed E-state index contributed by atoms with van der Waals surface area (Å²) in [7, 11) is 0. The van der Waals surface area contributed by atoms with E-state index < -0.39 is 47.0 Å². The third-order valence-corrected chi connectivity index (χ3v) is 6.38. The van der Waals surface area contributed by atoms with Crippen LogP contribution in [0.25, 0.3) is 0 Å². The lowest BCUT2D eigenvalue weighted by Crippen LogP contribution is -2.62. The van der Waals surface area contributed by atoms with Gasteiger partial charge in [-0.05, 0) is 64.8 Å². The molecule has 1 aliphatic rings. The summed E-state index contributed by atoms with van der Waals surface area (Å²) in [6, 6.07) is 2.94. The molecule has 1 heterocycles. The first-order chi connectivity index (χ1) is 19.0. The highest BCUT2D eigenvalue weighted by Gasteiger charge is 2.53. The molecule has 1 fully saturated rings. The maximum absolute atomic E-state index is 13.8. The second-order valence-electron chi connectivity index (χ2n) is 11.4. The van der Waals surface area contributed by atoms with Gasteiger partial charge in [-0.1, -0.05) is 45.6 Å². The van der Waals surface area contributed by atoms with Crippen LogP contribution in [0.1, 0.15) is 96.0 Å². The summed E-state index contributed by atoms with van der Waals surface area (Å²) in [4.78, 5) is 40.0. The molecular weight excluding hydrogens is 543 g/mol. The molecule has 0 spiro atoms. The quantitative estimate of drug-likeness (QED) is 0.184. The number of carbonyl (C=O) groups is 3. The first-order valence-electron chi connectivity index (χ1n) is 13.8. The Morgan fingerprint density at radius 3 is 2.32 bits per heavy atom. The molecule has 230 valence electrons. The number of hydrogen-bond acceptors (Lipinski definition) is 6. The van der Waals surface area contributed by atoms with Crippen LogP contribution >= 0.6 is 0 Å². The van der Waals surface area contributed by atoms with Crippen molar-refractivity contribution in [2.45, 2.75) is 104 Å². The van der Waals surface area contributed by atoms with E-state index in [1.165, 1.54) is 13.0 Å². The summed E-state index contributed by atoms with van der Waals surface area (Å²) in [5.41, 5.74) is 0.826. The van der Waals surface area contributed by atoms with E-state index in [1.807, 2.05) is 0 Å². The van der Waals surface area contributed by atoms with E-state index in [2.05, 4.69) is 24.4 Å². The van der Waals surface area contributed by atoms with Gasteiger partial charge in [0.15, 0.2) is 6.23 Å². The zero-order valence-electron chi connectivity index (χ0n) is 24.7. The number of rotatable bonds is 11. The van der Waals surface area contributed by atoms with Gasteiger partial charge in [-0.15, -0.1) is 0 Å². The lowest BCUT2D eigenvalue weighted by molar-refractivity contribution is -0.139. The van der Waals surface area contributed by atoms with Gasteiger partial charge in [-0.25, -0.2) is 4.79 Å². The second kappa shape index (κ2) is 14.1. The van der Waals surface area contributed by atoms with Crippen LogP contribution < -0.4 is 15.6 Å². The van der Waals surface area contributed by atoms with Crippen molar-refractivity contribution in [3.05, 3.63) is 41.5 Å². The summed E-state index contributed by atoms with van der Waals surface area (Å²) < 4.78 is 57.7. The van der Waals surface area contributed by atoms with Crippen LogP contribution in [0, 0.1) is 0 Å². The van der Waals surface area contributed by atoms with Crippen molar-refractivity contribution in [3.63, 3.8) is 0 Å². The molecule has 2 rings (SSSR count). The Balaban J connectivity index is 2.11. The number of hydrazine groups is 1. The van der Waals surface area contributed by atoms with Gasteiger partial charge in [-0.3, -0.25) is 25.3 Å². The molecule has 0 aliphatic carbocycles. The molecular formula is C29H42F3N3O6. The molecule has 0 radical (unpaired) electrons. The number of halogens is 3. The maximum Gasteiger partial charge on any atom is 0.419 e. The molecule has 3 amide bonds. The normalized spacial score (nSPS) is 19.0. The van der Waals surface area contributed by atoms with Crippen LogP contribution in [0.5, 0.6) is 5.75 Å². The molecule has 1 aromatic rings. The summed E-state index contributed by atoms with van der Waals surface area (Å²) >= 11 is 0. The number of carbonyl (C=O) groups excluding carboxylic acids is 3. The van der Waals surface area contributed by atoms with Crippen molar-refractivity contribution >= 4 is 17.9 Å². The first kappa shape index (κ1) is 33.9. The molecule has 0 unspecified atom stereocenters. The molecule has 1 saturated heterocycles. The van der Waals surface area contributed by atoms with Gasteiger partial charge in [0.05, 0.1) is 18.8 Å². The second-order valence-corrected chi connectivity index (χ2v) is 11.4. The Labute approximate surface area is 239 Å². The average Bonchev–Trinajstić information content (AvgIpc) is 3.24. The predicted octanol–water partition coefficient (Wildman–Crippen LogP) is 6.13. The van der Waals surface area contributed by atoms with Crippen molar-refractivity contribution in [1.82, 2.24) is 15.8 Å². The first-order valence-corrected chi connectivity index (χ1v) is 13.8. The average molecular weight is 586 g/mol. The minimum atomic E-state index is -4.77. The fourth-order valence-corrected chi connectivity index (χ4v) is 4.19. The van der Waals surface area contributed by atoms with E-state index in [9.17, 15) is 27.6 Å². The largest absolute Gasteiger partial charge is 0.493 e. The molecule has 0 saturated carbocycles. The molecule has 12 heteroatoms. The summed E-state index contributed by atoms with van der Waals surface area (Å²) in [6.45, 7) is 13.8. The molecule has 2 atom stereocenters. The van der Waals surface area contributed by atoms with Gasteiger partial charge >= 0.3 is 12.3 Å². The van der Waals surface area contributed by atoms with Crippen molar-refractivity contribution in [2.24, 2.45) is 0 Å². The van der Waals surface area contributed by atoms with Gasteiger partial charge < -0.3 is 14.2 Å². The third kappa shape index (κ3) is 9.37. The third-order valence-electron chi connectivity index (χ3n) is 6.38. The monoisotopic (exact) mass is 585 g/mol. The Bertz CT molecular complexity index is 1100. The van der Waals surface area contributed by atoms with Crippen LogP contribution in [0.3, 0.4) is 0 Å². The highest BCUT2D eigenvalue weighted by atomic mass is 19.4.